The molecule has 212 valence electrons. The Kier molecular flexibility index (Phi) is 7.32. The first-order valence-corrected chi connectivity index (χ1v) is 13.4. The fourth-order valence-electron chi connectivity index (χ4n) is 6.18. The number of alkyl halides is 3. The maximum absolute atomic E-state index is 13.9. The molecule has 1 aromatic carbocycles. The van der Waals surface area contributed by atoms with Gasteiger partial charge in [-0.25, -0.2) is 4.98 Å². The summed E-state index contributed by atoms with van der Waals surface area (Å²) in [6.45, 7) is 10.4. The molecule has 8 nitrogen and oxygen atoms in total. The zero-order valence-electron chi connectivity index (χ0n) is 22.8. The molecule has 4 heterocycles. The van der Waals surface area contributed by atoms with Crippen LogP contribution in [0.25, 0.3) is 0 Å². The van der Waals surface area contributed by atoms with Crippen molar-refractivity contribution in [3.63, 3.8) is 0 Å². The molecule has 3 atom stereocenters. The molecule has 0 bridgehead atoms. The van der Waals surface area contributed by atoms with E-state index in [1.807, 2.05) is 25.1 Å². The maximum atomic E-state index is 13.9. The molecule has 3 aliphatic heterocycles. The zero-order valence-corrected chi connectivity index (χ0v) is 22.8. The van der Waals surface area contributed by atoms with Crippen LogP contribution in [0, 0.1) is 19.8 Å². The van der Waals surface area contributed by atoms with E-state index in [1.54, 1.807) is 11.9 Å². The summed E-state index contributed by atoms with van der Waals surface area (Å²) in [6, 6.07) is 7.06. The van der Waals surface area contributed by atoms with Gasteiger partial charge in [0, 0.05) is 71.8 Å². The fourth-order valence-corrected chi connectivity index (χ4v) is 6.18. The zero-order chi connectivity index (χ0) is 28.1. The molecular weight excluding hydrogens is 509 g/mol. The number of hydrogen-bond acceptors (Lipinski definition) is 6. The summed E-state index contributed by atoms with van der Waals surface area (Å²) in [5.41, 5.74) is 1.94. The van der Waals surface area contributed by atoms with Crippen LogP contribution in [0.5, 0.6) is 0 Å². The molecule has 3 aliphatic rings. The number of fused-ring (bicyclic) bond motifs is 2. The number of amides is 2. The molecule has 39 heavy (non-hydrogen) atoms. The summed E-state index contributed by atoms with van der Waals surface area (Å²) >= 11 is 0. The van der Waals surface area contributed by atoms with E-state index in [4.69, 9.17) is 0 Å². The number of rotatable bonds is 4. The van der Waals surface area contributed by atoms with Crippen molar-refractivity contribution in [3.05, 3.63) is 47.2 Å². The molecule has 2 fully saturated rings. The number of piperazine rings is 1. The number of nitrogens with one attached hydrogen (secondary N) is 1. The highest BCUT2D eigenvalue weighted by atomic mass is 19.4. The van der Waals surface area contributed by atoms with E-state index in [0.717, 1.165) is 55.2 Å². The topological polar surface area (TPSA) is 72.0 Å². The predicted molar refractivity (Wildman–Crippen MR) is 146 cm³/mol. The largest absolute Gasteiger partial charge is 0.416 e. The summed E-state index contributed by atoms with van der Waals surface area (Å²) < 4.78 is 40.9. The summed E-state index contributed by atoms with van der Waals surface area (Å²) in [6.07, 6.45) is -4.54. The van der Waals surface area contributed by atoms with Crippen LogP contribution in [-0.2, 0) is 15.8 Å². The van der Waals surface area contributed by atoms with Gasteiger partial charge in [0.25, 0.3) is 0 Å². The van der Waals surface area contributed by atoms with Gasteiger partial charge >= 0.3 is 6.18 Å². The summed E-state index contributed by atoms with van der Waals surface area (Å²) in [5, 5.41) is 3.46. The fraction of sp³-hybridized carbons (Fsp3) is 0.536. The van der Waals surface area contributed by atoms with Crippen molar-refractivity contribution in [3.8, 4) is 0 Å². The molecule has 11 heteroatoms. The van der Waals surface area contributed by atoms with Crippen molar-refractivity contribution < 1.29 is 24.2 Å². The monoisotopic (exact) mass is 546 g/mol. The lowest BCUT2D eigenvalue weighted by Crippen LogP contribution is -2.54. The molecule has 2 saturated heterocycles. The predicted octanol–water partition coefficient (Wildman–Crippen LogP) is 3.46. The number of anilines is 3. The number of likely N-dealkylation sites (N-methyl/N-ethyl adjacent to an activating group) is 1. The van der Waals surface area contributed by atoms with E-state index < -0.39 is 29.6 Å². The standard InChI is InChI=1S/C28H35F3N6O2.H2/c1-17-6-5-7-22-25(17)36(11-10-35-9-8-32-19(3)15-35)16-20-13-24(38)37(26(20)27(39)34(22)4)23-14-21(28(29,30)31)12-18(2)33-23;/h5-7,12,14,19-20,26,32H,8-11,13,15-16H2,1-4H3;1H/t19-,20+,26-;/m0./s1. The van der Waals surface area contributed by atoms with Gasteiger partial charge in [-0.3, -0.25) is 19.4 Å². The number of hydrogen-bond donors (Lipinski definition) is 1. The second-order valence-electron chi connectivity index (χ2n) is 11.0. The normalized spacial score (nSPS) is 24.5. The van der Waals surface area contributed by atoms with Crippen molar-refractivity contribution in [2.24, 2.45) is 5.92 Å². The van der Waals surface area contributed by atoms with Crippen molar-refractivity contribution in [1.82, 2.24) is 15.2 Å². The maximum Gasteiger partial charge on any atom is 0.416 e. The molecule has 5 rings (SSSR count). The molecule has 0 saturated carbocycles. The molecule has 0 aliphatic carbocycles. The highest BCUT2D eigenvalue weighted by Gasteiger charge is 2.49. The van der Waals surface area contributed by atoms with Gasteiger partial charge in [-0.2, -0.15) is 13.2 Å². The third-order valence-electron chi connectivity index (χ3n) is 8.02. The first-order chi connectivity index (χ1) is 18.4. The minimum atomic E-state index is -4.60. The molecule has 0 unspecified atom stereocenters. The smallest absolute Gasteiger partial charge is 0.368 e. The van der Waals surface area contributed by atoms with Crippen LogP contribution in [0.15, 0.2) is 30.3 Å². The Morgan fingerprint density at radius 3 is 2.62 bits per heavy atom. The third kappa shape index (κ3) is 5.34. The Bertz CT molecular complexity index is 1280. The van der Waals surface area contributed by atoms with Crippen LogP contribution in [0.2, 0.25) is 0 Å². The highest BCUT2D eigenvalue weighted by molar-refractivity contribution is 6.10. The average molecular weight is 547 g/mol. The molecule has 2 amide bonds. The van der Waals surface area contributed by atoms with Crippen LogP contribution in [0.3, 0.4) is 0 Å². The van der Waals surface area contributed by atoms with E-state index in [1.165, 1.54) is 11.8 Å². The quantitative estimate of drug-likeness (QED) is 0.634. The number of pyridine rings is 1. The van der Waals surface area contributed by atoms with Crippen LogP contribution in [0.1, 0.15) is 31.6 Å². The average Bonchev–Trinajstić information content (AvgIpc) is 3.19. The van der Waals surface area contributed by atoms with Crippen molar-refractivity contribution in [1.29, 1.82) is 0 Å². The molecule has 0 radical (unpaired) electrons. The Morgan fingerprint density at radius 1 is 1.13 bits per heavy atom. The van der Waals surface area contributed by atoms with E-state index in [-0.39, 0.29) is 25.3 Å². The molecule has 1 N–H and O–H groups in total. The first kappa shape index (κ1) is 27.4. The second kappa shape index (κ2) is 10.4. The lowest BCUT2D eigenvalue weighted by molar-refractivity contribution is -0.137. The first-order valence-electron chi connectivity index (χ1n) is 13.4. The van der Waals surface area contributed by atoms with Crippen LogP contribution >= 0.6 is 0 Å². The minimum absolute atomic E-state index is 0. The summed E-state index contributed by atoms with van der Waals surface area (Å²) in [4.78, 5) is 39.0. The number of para-hydroxylation sites is 1. The van der Waals surface area contributed by atoms with E-state index in [9.17, 15) is 22.8 Å². The number of carbonyl (C=O) groups is 2. The SMILES string of the molecule is Cc1cc(C(F)(F)F)cc(N2C(=O)C[C@@H]3CN(CCN4CCN[C@@H](C)C4)c4c(C)cccc4N(C)C(=O)[C@H]32)n1.[HH]. The van der Waals surface area contributed by atoms with Gasteiger partial charge in [0.15, 0.2) is 0 Å². The van der Waals surface area contributed by atoms with Crippen LogP contribution < -0.4 is 20.0 Å². The number of nitrogens with zero attached hydrogens (tertiary/aromatic N) is 5. The van der Waals surface area contributed by atoms with Crippen molar-refractivity contribution in [2.75, 3.05) is 61.0 Å². The van der Waals surface area contributed by atoms with Gasteiger partial charge in [0.05, 0.1) is 16.9 Å². The number of benzene rings is 1. The molecule has 2 aromatic rings. The van der Waals surface area contributed by atoms with Gasteiger partial charge < -0.3 is 15.1 Å². The van der Waals surface area contributed by atoms with Crippen molar-refractivity contribution >= 4 is 29.0 Å². The van der Waals surface area contributed by atoms with Gasteiger partial charge in [-0.05, 0) is 44.5 Å². The Balaban J connectivity index is 0.00000370. The van der Waals surface area contributed by atoms with E-state index in [0.29, 0.717) is 19.1 Å². The van der Waals surface area contributed by atoms with Gasteiger partial charge in [-0.1, -0.05) is 12.1 Å². The summed E-state index contributed by atoms with van der Waals surface area (Å²) in [7, 11) is 1.67. The number of aromatic nitrogens is 1. The van der Waals surface area contributed by atoms with Crippen molar-refractivity contribution in [2.45, 2.75) is 45.5 Å². The number of carbonyl (C=O) groups excluding carboxylic acids is 2. The van der Waals surface area contributed by atoms with E-state index in [2.05, 4.69) is 27.0 Å². The molecule has 0 spiro atoms. The number of halogens is 3. The van der Waals surface area contributed by atoms with Gasteiger partial charge in [0.1, 0.15) is 11.9 Å². The lowest BCUT2D eigenvalue weighted by Gasteiger charge is -2.40. The van der Waals surface area contributed by atoms with E-state index >= 15 is 0 Å². The summed E-state index contributed by atoms with van der Waals surface area (Å²) in [5.74, 6) is -1.26. The third-order valence-corrected chi connectivity index (χ3v) is 8.02. The van der Waals surface area contributed by atoms with Crippen LogP contribution in [0.4, 0.5) is 30.4 Å². The Hall–Kier alpha value is -3.18. The minimum Gasteiger partial charge on any atom is -0.368 e. The molecule has 1 aromatic heterocycles. The van der Waals surface area contributed by atoms with Crippen LogP contribution in [-0.4, -0.2) is 80.1 Å². The lowest BCUT2D eigenvalue weighted by atomic mass is 9.95. The Labute approximate surface area is 228 Å². The second-order valence-corrected chi connectivity index (χ2v) is 11.0. The number of aryl methyl sites for hydroxylation is 2. The van der Waals surface area contributed by atoms with Gasteiger partial charge in [-0.15, -0.1) is 0 Å². The Morgan fingerprint density at radius 2 is 1.90 bits per heavy atom. The van der Waals surface area contributed by atoms with Gasteiger partial charge in [0.2, 0.25) is 11.8 Å². The molecular formula is C28H37F3N6O2. The highest BCUT2D eigenvalue weighted by Crippen LogP contribution is 2.41.